The van der Waals surface area contributed by atoms with Crippen molar-refractivity contribution in [3.63, 3.8) is 0 Å². The molecule has 0 unspecified atom stereocenters. The number of benzene rings is 1. The highest BCUT2D eigenvalue weighted by Gasteiger charge is 2.28. The largest absolute Gasteiger partial charge is 0.358 e. The number of carbonyl (C=O) groups excluding carboxylic acids is 1. The lowest BCUT2D eigenvalue weighted by Gasteiger charge is -2.15. The first-order chi connectivity index (χ1) is 16.2. The van der Waals surface area contributed by atoms with E-state index in [1.54, 1.807) is 6.07 Å². The van der Waals surface area contributed by atoms with E-state index in [4.69, 9.17) is 0 Å². The Labute approximate surface area is 196 Å². The molecule has 176 valence electrons. The van der Waals surface area contributed by atoms with Gasteiger partial charge < -0.3 is 10.3 Å². The van der Waals surface area contributed by atoms with Crippen molar-refractivity contribution in [3.8, 4) is 0 Å². The van der Waals surface area contributed by atoms with E-state index in [1.807, 2.05) is 32.9 Å². The van der Waals surface area contributed by atoms with Crippen LogP contribution in [0.1, 0.15) is 65.5 Å². The summed E-state index contributed by atoms with van der Waals surface area (Å²) in [5.74, 6) is 0.0857. The predicted octanol–water partition coefficient (Wildman–Crippen LogP) is 3.65. The number of hydrogen-bond donors (Lipinski definition) is 3. The van der Waals surface area contributed by atoms with Crippen molar-refractivity contribution in [1.82, 2.24) is 24.8 Å². The SMILES string of the molecule is Cc1[nH]c2ccc(CNC(=O)c3cc(C4CC4)nc4c3c(=O)[nH]c(=O)n4CC(C)C)cc2c1C. The fourth-order valence-electron chi connectivity index (χ4n) is 4.49. The van der Waals surface area contributed by atoms with E-state index in [0.717, 1.165) is 40.7 Å². The Bertz CT molecular complexity index is 1550. The molecule has 1 aliphatic carbocycles. The van der Waals surface area contributed by atoms with Crippen LogP contribution in [-0.4, -0.2) is 25.4 Å². The average Bonchev–Trinajstić information content (AvgIpc) is 3.60. The summed E-state index contributed by atoms with van der Waals surface area (Å²) in [6.07, 6.45) is 1.99. The minimum atomic E-state index is -0.583. The van der Waals surface area contributed by atoms with Gasteiger partial charge in [0.05, 0.1) is 10.9 Å². The summed E-state index contributed by atoms with van der Waals surface area (Å²) in [7, 11) is 0. The monoisotopic (exact) mass is 459 g/mol. The van der Waals surface area contributed by atoms with Gasteiger partial charge in [-0.25, -0.2) is 9.78 Å². The molecule has 1 aromatic carbocycles. The molecule has 0 atom stereocenters. The van der Waals surface area contributed by atoms with E-state index in [2.05, 4.69) is 33.3 Å². The number of nitrogens with zero attached hydrogens (tertiary/aromatic N) is 2. The van der Waals surface area contributed by atoms with Crippen molar-refractivity contribution in [3.05, 3.63) is 73.2 Å². The fraction of sp³-hybridized carbons (Fsp3) is 0.385. The third-order valence-electron chi connectivity index (χ3n) is 6.58. The van der Waals surface area contributed by atoms with E-state index >= 15 is 0 Å². The molecule has 1 saturated carbocycles. The maximum absolute atomic E-state index is 13.3. The number of pyridine rings is 1. The Morgan fingerprint density at radius 3 is 2.65 bits per heavy atom. The first-order valence-electron chi connectivity index (χ1n) is 11.8. The van der Waals surface area contributed by atoms with Gasteiger partial charge in [0.25, 0.3) is 11.5 Å². The highest BCUT2D eigenvalue weighted by molar-refractivity contribution is 6.05. The Balaban J connectivity index is 1.54. The van der Waals surface area contributed by atoms with Crippen LogP contribution < -0.4 is 16.6 Å². The molecule has 0 aliphatic heterocycles. The molecule has 1 aliphatic rings. The smallest absolute Gasteiger partial charge is 0.330 e. The molecule has 1 amide bonds. The van der Waals surface area contributed by atoms with Gasteiger partial charge in [-0.15, -0.1) is 0 Å². The van der Waals surface area contributed by atoms with Crippen LogP contribution in [0.5, 0.6) is 0 Å². The average molecular weight is 460 g/mol. The number of rotatable bonds is 6. The summed E-state index contributed by atoms with van der Waals surface area (Å²) in [5, 5.41) is 4.26. The molecule has 1 fully saturated rings. The maximum atomic E-state index is 13.3. The summed E-state index contributed by atoms with van der Waals surface area (Å²) in [4.78, 5) is 49.2. The minimum Gasteiger partial charge on any atom is -0.358 e. The van der Waals surface area contributed by atoms with Crippen molar-refractivity contribution < 1.29 is 4.79 Å². The van der Waals surface area contributed by atoms with Gasteiger partial charge in [-0.2, -0.15) is 0 Å². The summed E-state index contributed by atoms with van der Waals surface area (Å²) in [6, 6.07) is 7.78. The standard InChI is InChI=1S/C26H29N5O3/c1-13(2)12-31-23-22(25(33)30-26(31)34)19(10-21(29-23)17-6-7-17)24(32)27-11-16-5-8-20-18(9-16)14(3)15(4)28-20/h5,8-10,13,17,28H,6-7,11-12H2,1-4H3,(H,27,32)(H,30,33,34). The van der Waals surface area contributed by atoms with E-state index in [9.17, 15) is 14.4 Å². The topological polar surface area (TPSA) is 113 Å². The van der Waals surface area contributed by atoms with E-state index in [1.165, 1.54) is 10.1 Å². The summed E-state index contributed by atoms with van der Waals surface area (Å²) in [5.41, 5.74) is 4.58. The molecule has 5 rings (SSSR count). The first kappa shape index (κ1) is 22.1. The van der Waals surface area contributed by atoms with Crippen LogP contribution >= 0.6 is 0 Å². The van der Waals surface area contributed by atoms with Gasteiger partial charge in [0, 0.05) is 41.3 Å². The fourth-order valence-corrected chi connectivity index (χ4v) is 4.49. The maximum Gasteiger partial charge on any atom is 0.330 e. The Morgan fingerprint density at radius 2 is 1.94 bits per heavy atom. The normalized spacial score (nSPS) is 13.8. The lowest BCUT2D eigenvalue weighted by Crippen LogP contribution is -2.34. The number of carbonyl (C=O) groups is 1. The summed E-state index contributed by atoms with van der Waals surface area (Å²) in [6.45, 7) is 8.83. The summed E-state index contributed by atoms with van der Waals surface area (Å²) >= 11 is 0. The number of aromatic amines is 2. The van der Waals surface area contributed by atoms with E-state index in [0.29, 0.717) is 13.1 Å². The Kier molecular flexibility index (Phi) is 5.38. The van der Waals surface area contributed by atoms with Gasteiger partial charge >= 0.3 is 5.69 Å². The molecule has 3 heterocycles. The second-order valence-corrected chi connectivity index (χ2v) is 9.77. The van der Waals surface area contributed by atoms with Crippen molar-refractivity contribution in [2.24, 2.45) is 5.92 Å². The van der Waals surface area contributed by atoms with Crippen LogP contribution in [0.2, 0.25) is 0 Å². The van der Waals surface area contributed by atoms with Gasteiger partial charge in [-0.1, -0.05) is 19.9 Å². The molecule has 34 heavy (non-hydrogen) atoms. The van der Waals surface area contributed by atoms with E-state index in [-0.39, 0.29) is 34.3 Å². The van der Waals surface area contributed by atoms with Crippen LogP contribution in [0.25, 0.3) is 21.9 Å². The number of amides is 1. The molecule has 8 nitrogen and oxygen atoms in total. The zero-order chi connectivity index (χ0) is 24.1. The second-order valence-electron chi connectivity index (χ2n) is 9.77. The molecule has 3 N–H and O–H groups in total. The van der Waals surface area contributed by atoms with Crippen molar-refractivity contribution >= 4 is 27.8 Å². The molecule has 0 spiro atoms. The number of fused-ring (bicyclic) bond motifs is 2. The third kappa shape index (κ3) is 3.93. The number of hydrogen-bond acceptors (Lipinski definition) is 4. The highest BCUT2D eigenvalue weighted by atomic mass is 16.2. The first-order valence-corrected chi connectivity index (χ1v) is 11.8. The third-order valence-corrected chi connectivity index (χ3v) is 6.58. The van der Waals surface area contributed by atoms with Crippen molar-refractivity contribution in [1.29, 1.82) is 0 Å². The molecule has 0 bridgehead atoms. The molecule has 0 radical (unpaired) electrons. The highest BCUT2D eigenvalue weighted by Crippen LogP contribution is 2.40. The van der Waals surface area contributed by atoms with Crippen LogP contribution in [-0.2, 0) is 13.1 Å². The zero-order valence-corrected chi connectivity index (χ0v) is 19.9. The lowest BCUT2D eigenvalue weighted by molar-refractivity contribution is 0.0952. The van der Waals surface area contributed by atoms with Crippen molar-refractivity contribution in [2.75, 3.05) is 0 Å². The molecule has 8 heteroatoms. The number of aromatic nitrogens is 4. The van der Waals surface area contributed by atoms with E-state index < -0.39 is 11.2 Å². The zero-order valence-electron chi connectivity index (χ0n) is 19.9. The van der Waals surface area contributed by atoms with Gasteiger partial charge in [0.2, 0.25) is 0 Å². The number of nitrogens with one attached hydrogen (secondary N) is 3. The van der Waals surface area contributed by atoms with Crippen LogP contribution in [0, 0.1) is 19.8 Å². The Hall–Kier alpha value is -3.68. The minimum absolute atomic E-state index is 0.162. The number of H-pyrrole nitrogens is 2. The summed E-state index contributed by atoms with van der Waals surface area (Å²) < 4.78 is 1.48. The van der Waals surface area contributed by atoms with Gasteiger partial charge in [0.1, 0.15) is 0 Å². The molecule has 0 saturated heterocycles. The molecular weight excluding hydrogens is 430 g/mol. The molecular formula is C26H29N5O3. The van der Waals surface area contributed by atoms with Crippen LogP contribution in [0.4, 0.5) is 0 Å². The van der Waals surface area contributed by atoms with Gasteiger partial charge in [-0.05, 0) is 61.9 Å². The Morgan fingerprint density at radius 1 is 1.18 bits per heavy atom. The van der Waals surface area contributed by atoms with Gasteiger partial charge in [-0.3, -0.25) is 19.1 Å². The van der Waals surface area contributed by atoms with Gasteiger partial charge in [0.15, 0.2) is 5.65 Å². The molecule has 4 aromatic rings. The van der Waals surface area contributed by atoms with Crippen molar-refractivity contribution in [2.45, 2.75) is 59.5 Å². The van der Waals surface area contributed by atoms with Crippen LogP contribution in [0.15, 0.2) is 33.9 Å². The second kappa shape index (κ2) is 8.27. The number of aryl methyl sites for hydroxylation is 2. The lowest BCUT2D eigenvalue weighted by atomic mass is 10.1. The van der Waals surface area contributed by atoms with Crippen LogP contribution in [0.3, 0.4) is 0 Å². The quantitative estimate of drug-likeness (QED) is 0.408. The predicted molar refractivity (Wildman–Crippen MR) is 132 cm³/mol. The molecule has 3 aromatic heterocycles.